The molecule has 0 atom stereocenters. The molecule has 92 valence electrons. The summed E-state index contributed by atoms with van der Waals surface area (Å²) >= 11 is 0. The van der Waals surface area contributed by atoms with Crippen molar-refractivity contribution in [3.63, 3.8) is 0 Å². The van der Waals surface area contributed by atoms with Gasteiger partial charge in [-0.25, -0.2) is 0 Å². The highest BCUT2D eigenvalue weighted by Crippen LogP contribution is 2.17. The number of anilines is 1. The number of benzene rings is 1. The van der Waals surface area contributed by atoms with E-state index in [-0.39, 0.29) is 5.91 Å². The third-order valence-corrected chi connectivity index (χ3v) is 2.97. The average Bonchev–Trinajstić information content (AvgIpc) is 2.32. The normalized spacial score (nSPS) is 10.2. The van der Waals surface area contributed by atoms with Crippen LogP contribution < -0.4 is 5.32 Å². The molecule has 0 bridgehead atoms. The van der Waals surface area contributed by atoms with Crippen LogP contribution in [-0.4, -0.2) is 10.9 Å². The SMILES string of the molecule is Cc1ccccc1NC(=O)c1c(C)ccnc1C. The maximum Gasteiger partial charge on any atom is 0.257 e. The van der Waals surface area contributed by atoms with Crippen LogP contribution >= 0.6 is 0 Å². The first-order valence-corrected chi connectivity index (χ1v) is 5.89. The summed E-state index contributed by atoms with van der Waals surface area (Å²) < 4.78 is 0. The van der Waals surface area contributed by atoms with Crippen LogP contribution in [0.15, 0.2) is 36.5 Å². The highest BCUT2D eigenvalue weighted by atomic mass is 16.1. The fourth-order valence-electron chi connectivity index (χ4n) is 1.94. The molecule has 18 heavy (non-hydrogen) atoms. The molecule has 2 rings (SSSR count). The van der Waals surface area contributed by atoms with Crippen LogP contribution in [-0.2, 0) is 0 Å². The van der Waals surface area contributed by atoms with Crippen LogP contribution in [0, 0.1) is 20.8 Å². The van der Waals surface area contributed by atoms with Crippen molar-refractivity contribution in [3.8, 4) is 0 Å². The topological polar surface area (TPSA) is 42.0 Å². The Balaban J connectivity index is 2.31. The molecule has 1 heterocycles. The van der Waals surface area contributed by atoms with E-state index in [4.69, 9.17) is 0 Å². The number of aryl methyl sites for hydroxylation is 3. The van der Waals surface area contributed by atoms with Gasteiger partial charge in [-0.15, -0.1) is 0 Å². The second kappa shape index (κ2) is 5.00. The Bertz CT molecular complexity index is 571. The van der Waals surface area contributed by atoms with Crippen molar-refractivity contribution < 1.29 is 4.79 Å². The summed E-state index contributed by atoms with van der Waals surface area (Å²) in [6.07, 6.45) is 1.72. The monoisotopic (exact) mass is 240 g/mol. The quantitative estimate of drug-likeness (QED) is 0.875. The molecule has 1 amide bonds. The van der Waals surface area contributed by atoms with Crippen molar-refractivity contribution in [1.29, 1.82) is 0 Å². The number of pyridine rings is 1. The van der Waals surface area contributed by atoms with Crippen molar-refractivity contribution in [1.82, 2.24) is 4.98 Å². The van der Waals surface area contributed by atoms with Crippen LogP contribution in [0.25, 0.3) is 0 Å². The fraction of sp³-hybridized carbons (Fsp3) is 0.200. The smallest absolute Gasteiger partial charge is 0.257 e. The van der Waals surface area contributed by atoms with E-state index in [2.05, 4.69) is 10.3 Å². The second-order valence-corrected chi connectivity index (χ2v) is 4.36. The number of carbonyl (C=O) groups excluding carboxylic acids is 1. The fourth-order valence-corrected chi connectivity index (χ4v) is 1.94. The van der Waals surface area contributed by atoms with Crippen LogP contribution in [0.5, 0.6) is 0 Å². The minimum Gasteiger partial charge on any atom is -0.322 e. The van der Waals surface area contributed by atoms with Crippen LogP contribution in [0.4, 0.5) is 5.69 Å². The van der Waals surface area contributed by atoms with Crippen molar-refractivity contribution >= 4 is 11.6 Å². The predicted molar refractivity (Wildman–Crippen MR) is 72.8 cm³/mol. The van der Waals surface area contributed by atoms with E-state index in [1.54, 1.807) is 6.20 Å². The minimum absolute atomic E-state index is 0.104. The molecule has 1 aromatic carbocycles. The zero-order valence-corrected chi connectivity index (χ0v) is 10.8. The number of nitrogens with zero attached hydrogens (tertiary/aromatic N) is 1. The molecule has 0 unspecified atom stereocenters. The molecule has 0 aliphatic rings. The molecular formula is C15H16N2O. The maximum atomic E-state index is 12.3. The minimum atomic E-state index is -0.104. The third-order valence-electron chi connectivity index (χ3n) is 2.97. The van der Waals surface area contributed by atoms with Crippen molar-refractivity contribution in [2.75, 3.05) is 5.32 Å². The number of hydrogen-bond acceptors (Lipinski definition) is 2. The molecule has 0 saturated carbocycles. The maximum absolute atomic E-state index is 12.3. The molecule has 0 radical (unpaired) electrons. The zero-order valence-electron chi connectivity index (χ0n) is 10.8. The lowest BCUT2D eigenvalue weighted by Crippen LogP contribution is -2.16. The lowest BCUT2D eigenvalue weighted by molar-refractivity contribution is 0.102. The van der Waals surface area contributed by atoms with Gasteiger partial charge in [0.05, 0.1) is 11.3 Å². The molecule has 0 aliphatic carbocycles. The van der Waals surface area contributed by atoms with Gasteiger partial charge in [-0.2, -0.15) is 0 Å². The largest absolute Gasteiger partial charge is 0.322 e. The van der Waals surface area contributed by atoms with Gasteiger partial charge in [0.2, 0.25) is 0 Å². The first-order valence-electron chi connectivity index (χ1n) is 5.89. The van der Waals surface area contributed by atoms with Gasteiger partial charge in [0.15, 0.2) is 0 Å². The van der Waals surface area contributed by atoms with Gasteiger partial charge in [-0.1, -0.05) is 18.2 Å². The van der Waals surface area contributed by atoms with E-state index in [1.807, 2.05) is 51.1 Å². The number of aromatic nitrogens is 1. The Morgan fingerprint density at radius 2 is 1.78 bits per heavy atom. The number of nitrogens with one attached hydrogen (secondary N) is 1. The lowest BCUT2D eigenvalue weighted by Gasteiger charge is -2.11. The van der Waals surface area contributed by atoms with E-state index in [1.165, 1.54) is 0 Å². The van der Waals surface area contributed by atoms with E-state index < -0.39 is 0 Å². The van der Waals surface area contributed by atoms with Gasteiger partial charge in [0.1, 0.15) is 0 Å². The number of carbonyl (C=O) groups is 1. The molecule has 1 aromatic heterocycles. The summed E-state index contributed by atoms with van der Waals surface area (Å²) in [7, 11) is 0. The molecule has 0 spiro atoms. The average molecular weight is 240 g/mol. The van der Waals surface area contributed by atoms with Crippen molar-refractivity contribution in [2.45, 2.75) is 20.8 Å². The molecule has 3 heteroatoms. The van der Waals surface area contributed by atoms with Gasteiger partial charge < -0.3 is 5.32 Å². The Kier molecular flexibility index (Phi) is 3.42. The number of rotatable bonds is 2. The summed E-state index contributed by atoms with van der Waals surface area (Å²) in [5, 5.41) is 2.93. The number of para-hydroxylation sites is 1. The third kappa shape index (κ3) is 2.40. The molecule has 1 N–H and O–H groups in total. The highest BCUT2D eigenvalue weighted by molar-refractivity contribution is 6.06. The van der Waals surface area contributed by atoms with E-state index in [0.717, 1.165) is 22.5 Å². The summed E-state index contributed by atoms with van der Waals surface area (Å²) in [6.45, 7) is 5.74. The number of hydrogen-bond donors (Lipinski definition) is 1. The molecule has 2 aromatic rings. The Morgan fingerprint density at radius 3 is 2.44 bits per heavy atom. The van der Waals surface area contributed by atoms with E-state index in [0.29, 0.717) is 5.56 Å². The van der Waals surface area contributed by atoms with E-state index >= 15 is 0 Å². The highest BCUT2D eigenvalue weighted by Gasteiger charge is 2.13. The predicted octanol–water partition coefficient (Wildman–Crippen LogP) is 3.26. The van der Waals surface area contributed by atoms with Gasteiger partial charge >= 0.3 is 0 Å². The Hall–Kier alpha value is -2.16. The molecule has 0 saturated heterocycles. The molecule has 3 nitrogen and oxygen atoms in total. The lowest BCUT2D eigenvalue weighted by atomic mass is 10.1. The summed E-state index contributed by atoms with van der Waals surface area (Å²) in [5.41, 5.74) is 4.23. The van der Waals surface area contributed by atoms with Gasteiger partial charge in [-0.3, -0.25) is 9.78 Å². The van der Waals surface area contributed by atoms with Crippen LogP contribution in [0.2, 0.25) is 0 Å². The van der Waals surface area contributed by atoms with Crippen LogP contribution in [0.3, 0.4) is 0 Å². The Labute approximate surface area is 107 Å². The molecule has 0 fully saturated rings. The van der Waals surface area contributed by atoms with Crippen molar-refractivity contribution in [3.05, 3.63) is 58.9 Å². The first-order chi connectivity index (χ1) is 8.59. The summed E-state index contributed by atoms with van der Waals surface area (Å²) in [4.78, 5) is 16.4. The second-order valence-electron chi connectivity index (χ2n) is 4.36. The summed E-state index contributed by atoms with van der Waals surface area (Å²) in [5.74, 6) is -0.104. The molecule has 0 aliphatic heterocycles. The summed E-state index contributed by atoms with van der Waals surface area (Å²) in [6, 6.07) is 9.57. The number of amides is 1. The van der Waals surface area contributed by atoms with Gasteiger partial charge in [0.25, 0.3) is 5.91 Å². The van der Waals surface area contributed by atoms with Crippen molar-refractivity contribution in [2.24, 2.45) is 0 Å². The zero-order chi connectivity index (χ0) is 13.1. The molecular weight excluding hydrogens is 224 g/mol. The first kappa shape index (κ1) is 12.3. The van der Waals surface area contributed by atoms with E-state index in [9.17, 15) is 4.79 Å². The van der Waals surface area contributed by atoms with Gasteiger partial charge in [-0.05, 0) is 44.0 Å². The standard InChI is InChI=1S/C15H16N2O/c1-10-6-4-5-7-13(10)17-15(18)14-11(2)8-9-16-12(14)3/h4-9H,1-3H3,(H,17,18). The van der Waals surface area contributed by atoms with Crippen LogP contribution in [0.1, 0.15) is 27.2 Å². The Morgan fingerprint density at radius 1 is 1.06 bits per heavy atom. The van der Waals surface area contributed by atoms with Gasteiger partial charge in [0, 0.05) is 11.9 Å².